The van der Waals surface area contributed by atoms with Crippen molar-refractivity contribution < 1.29 is 9.53 Å². The number of carbonyl (C=O) groups excluding carboxylic acids is 1. The topological polar surface area (TPSA) is 114 Å². The van der Waals surface area contributed by atoms with Crippen molar-refractivity contribution in [2.24, 2.45) is 0 Å². The van der Waals surface area contributed by atoms with Crippen molar-refractivity contribution in [1.82, 2.24) is 15.4 Å². The van der Waals surface area contributed by atoms with Crippen LogP contribution >= 0.6 is 0 Å². The van der Waals surface area contributed by atoms with Crippen LogP contribution in [0, 0.1) is 6.92 Å². The molecule has 2 aromatic carbocycles. The maximum Gasteiger partial charge on any atom is 0.269 e. The van der Waals surface area contributed by atoms with Crippen LogP contribution in [0.1, 0.15) is 35.7 Å². The van der Waals surface area contributed by atoms with Gasteiger partial charge in [-0.25, -0.2) is 9.97 Å². The number of carbonyl (C=O) groups is 1. The summed E-state index contributed by atoms with van der Waals surface area (Å²) in [5, 5.41) is 3.15. The highest BCUT2D eigenvalue weighted by Gasteiger charge is 2.10. The number of hydrogen-bond acceptors (Lipinski definition) is 7. The minimum absolute atomic E-state index is 0.282. The Kier molecular flexibility index (Phi) is 7.05. The van der Waals surface area contributed by atoms with Gasteiger partial charge in [0.05, 0.1) is 6.61 Å². The molecular weight excluding hydrogens is 380 g/mol. The van der Waals surface area contributed by atoms with Gasteiger partial charge >= 0.3 is 0 Å². The molecule has 0 spiro atoms. The van der Waals surface area contributed by atoms with Crippen molar-refractivity contribution in [2.45, 2.75) is 26.7 Å². The van der Waals surface area contributed by atoms with Gasteiger partial charge < -0.3 is 15.8 Å². The van der Waals surface area contributed by atoms with Gasteiger partial charge in [-0.1, -0.05) is 31.0 Å². The van der Waals surface area contributed by atoms with E-state index in [2.05, 4.69) is 33.1 Å². The third kappa shape index (κ3) is 5.60. The van der Waals surface area contributed by atoms with E-state index in [0.29, 0.717) is 23.8 Å². The first-order valence-corrected chi connectivity index (χ1v) is 9.80. The molecule has 0 fully saturated rings. The number of nitrogen functional groups attached to an aromatic ring is 1. The lowest BCUT2D eigenvalue weighted by atomic mass is 10.1. The summed E-state index contributed by atoms with van der Waals surface area (Å²) >= 11 is 0. The number of rotatable bonds is 9. The summed E-state index contributed by atoms with van der Waals surface area (Å²) in [6, 6.07) is 14.8. The maximum atomic E-state index is 12.3. The van der Waals surface area contributed by atoms with E-state index in [1.54, 1.807) is 12.1 Å². The maximum absolute atomic E-state index is 12.3. The number of nitrogens with two attached hydrogens (primary N) is 1. The fraction of sp³-hybridized carbons (Fsp3) is 0.227. The zero-order valence-electron chi connectivity index (χ0n) is 17.1. The Hall–Kier alpha value is -3.81. The van der Waals surface area contributed by atoms with Crippen LogP contribution in [0.2, 0.25) is 0 Å². The largest absolute Gasteiger partial charge is 0.494 e. The molecule has 0 aliphatic heterocycles. The Balaban J connectivity index is 1.61. The molecule has 1 aromatic heterocycles. The lowest BCUT2D eigenvalue weighted by molar-refractivity contribution is 0.0962. The third-order valence-electron chi connectivity index (χ3n) is 4.38. The monoisotopic (exact) mass is 406 g/mol. The van der Waals surface area contributed by atoms with Crippen LogP contribution in [0.5, 0.6) is 5.75 Å². The second-order valence-corrected chi connectivity index (χ2v) is 6.78. The SMILES string of the molecule is CCCCOc1ccc(Nc2ncnc(NNC(=O)c3ccc(C)cc3)c2N)cc1. The number of hydrazine groups is 1. The van der Waals surface area contributed by atoms with E-state index in [9.17, 15) is 4.79 Å². The smallest absolute Gasteiger partial charge is 0.269 e. The number of unbranched alkanes of at least 4 members (excludes halogenated alkanes) is 1. The van der Waals surface area contributed by atoms with E-state index >= 15 is 0 Å². The number of aromatic nitrogens is 2. The van der Waals surface area contributed by atoms with Gasteiger partial charge in [0, 0.05) is 11.3 Å². The lowest BCUT2D eigenvalue weighted by Crippen LogP contribution is -2.30. The Morgan fingerprint density at radius 3 is 2.43 bits per heavy atom. The highest BCUT2D eigenvalue weighted by Crippen LogP contribution is 2.26. The molecule has 0 radical (unpaired) electrons. The first-order valence-electron chi connectivity index (χ1n) is 9.80. The van der Waals surface area contributed by atoms with Crippen LogP contribution in [-0.4, -0.2) is 22.5 Å². The van der Waals surface area contributed by atoms with Crippen molar-refractivity contribution >= 4 is 28.9 Å². The molecule has 0 saturated carbocycles. The van der Waals surface area contributed by atoms with Crippen molar-refractivity contribution in [3.63, 3.8) is 0 Å². The van der Waals surface area contributed by atoms with E-state index in [1.165, 1.54) is 6.33 Å². The van der Waals surface area contributed by atoms with Gasteiger partial charge in [-0.2, -0.15) is 0 Å². The van der Waals surface area contributed by atoms with Crippen molar-refractivity contribution in [1.29, 1.82) is 0 Å². The van der Waals surface area contributed by atoms with Crippen molar-refractivity contribution in [3.05, 3.63) is 66.0 Å². The summed E-state index contributed by atoms with van der Waals surface area (Å²) in [5.74, 6) is 1.25. The molecule has 3 rings (SSSR count). The zero-order chi connectivity index (χ0) is 21.3. The molecule has 0 atom stereocenters. The van der Waals surface area contributed by atoms with Gasteiger partial charge in [0.1, 0.15) is 17.8 Å². The number of aryl methyl sites for hydroxylation is 1. The molecule has 1 heterocycles. The van der Waals surface area contributed by atoms with Gasteiger partial charge in [0.25, 0.3) is 5.91 Å². The molecular formula is C22H26N6O2. The van der Waals surface area contributed by atoms with E-state index in [1.807, 2.05) is 43.3 Å². The molecule has 0 bridgehead atoms. The predicted octanol–water partition coefficient (Wildman–Crippen LogP) is 4.05. The van der Waals surface area contributed by atoms with Crippen molar-refractivity contribution in [2.75, 3.05) is 23.1 Å². The normalized spacial score (nSPS) is 10.3. The minimum atomic E-state index is -0.291. The fourth-order valence-corrected chi connectivity index (χ4v) is 2.59. The summed E-state index contributed by atoms with van der Waals surface area (Å²) in [6.07, 6.45) is 3.48. The minimum Gasteiger partial charge on any atom is -0.494 e. The molecule has 3 aromatic rings. The summed E-state index contributed by atoms with van der Waals surface area (Å²) in [7, 11) is 0. The van der Waals surface area contributed by atoms with Crippen LogP contribution in [-0.2, 0) is 0 Å². The molecule has 0 saturated heterocycles. The highest BCUT2D eigenvalue weighted by atomic mass is 16.5. The zero-order valence-corrected chi connectivity index (χ0v) is 17.1. The Morgan fingerprint density at radius 2 is 1.73 bits per heavy atom. The molecule has 0 aliphatic rings. The third-order valence-corrected chi connectivity index (χ3v) is 4.38. The molecule has 156 valence electrons. The molecule has 5 N–H and O–H groups in total. The standard InChI is InChI=1S/C22H26N6O2/c1-3-4-13-30-18-11-9-17(10-12-18)26-20-19(23)21(25-14-24-20)27-28-22(29)16-7-5-15(2)6-8-16/h5-12,14H,3-4,13,23H2,1-2H3,(H,28,29)(H2,24,25,26,27). The summed E-state index contributed by atoms with van der Waals surface area (Å²) in [6.45, 7) is 4.79. The molecule has 0 unspecified atom stereocenters. The lowest BCUT2D eigenvalue weighted by Gasteiger charge is -2.13. The summed E-state index contributed by atoms with van der Waals surface area (Å²) in [5.41, 5.74) is 14.2. The van der Waals surface area contributed by atoms with Crippen LogP contribution in [0.3, 0.4) is 0 Å². The second-order valence-electron chi connectivity index (χ2n) is 6.78. The number of nitrogens with one attached hydrogen (secondary N) is 3. The number of hydrogen-bond donors (Lipinski definition) is 4. The van der Waals surface area contributed by atoms with E-state index in [-0.39, 0.29) is 11.6 Å². The van der Waals surface area contributed by atoms with Gasteiger partial charge in [0.15, 0.2) is 11.6 Å². The van der Waals surface area contributed by atoms with E-state index in [4.69, 9.17) is 10.5 Å². The number of anilines is 4. The molecule has 30 heavy (non-hydrogen) atoms. The number of benzene rings is 2. The van der Waals surface area contributed by atoms with Crippen LogP contribution < -0.4 is 26.6 Å². The molecule has 8 heteroatoms. The fourth-order valence-electron chi connectivity index (χ4n) is 2.59. The number of ether oxygens (including phenoxy) is 1. The average molecular weight is 406 g/mol. The highest BCUT2D eigenvalue weighted by molar-refractivity contribution is 5.95. The second kappa shape index (κ2) is 10.1. The van der Waals surface area contributed by atoms with Crippen LogP contribution in [0.4, 0.5) is 23.0 Å². The van der Waals surface area contributed by atoms with E-state index < -0.39 is 0 Å². The molecule has 8 nitrogen and oxygen atoms in total. The summed E-state index contributed by atoms with van der Waals surface area (Å²) in [4.78, 5) is 20.5. The van der Waals surface area contributed by atoms with Crippen molar-refractivity contribution in [3.8, 4) is 5.75 Å². The number of nitrogens with zero attached hydrogens (tertiary/aromatic N) is 2. The van der Waals surface area contributed by atoms with Gasteiger partial charge in [-0.15, -0.1) is 0 Å². The van der Waals surface area contributed by atoms with Gasteiger partial charge in [-0.05, 0) is 49.7 Å². The quantitative estimate of drug-likeness (QED) is 0.313. The first-order chi connectivity index (χ1) is 14.6. The van der Waals surface area contributed by atoms with Crippen LogP contribution in [0.25, 0.3) is 0 Å². The number of amides is 1. The Bertz CT molecular complexity index is 974. The predicted molar refractivity (Wildman–Crippen MR) is 119 cm³/mol. The Labute approximate surface area is 175 Å². The van der Waals surface area contributed by atoms with Gasteiger partial charge in [-0.3, -0.25) is 15.6 Å². The molecule has 1 amide bonds. The van der Waals surface area contributed by atoms with Gasteiger partial charge in [0.2, 0.25) is 0 Å². The summed E-state index contributed by atoms with van der Waals surface area (Å²) < 4.78 is 5.66. The average Bonchev–Trinajstić information content (AvgIpc) is 2.76. The first kappa shape index (κ1) is 20.9. The molecule has 0 aliphatic carbocycles. The van der Waals surface area contributed by atoms with Crippen LogP contribution in [0.15, 0.2) is 54.9 Å². The Morgan fingerprint density at radius 1 is 1.03 bits per heavy atom. The van der Waals surface area contributed by atoms with E-state index in [0.717, 1.165) is 29.8 Å².